The lowest BCUT2D eigenvalue weighted by atomic mass is 9.95. The standard InChI is InChI=1S/C26H18O2/c1-3-25(27)23-14-12-18-8-4-6-10-20(18)22(23)15-16-24-21-11-7-5-9-19(21)13-17-26(24)28-2/h1,4-14,17,25,27H,2H3/t25-/m1/s1. The second-order valence-electron chi connectivity index (χ2n) is 6.43. The Kier molecular flexibility index (Phi) is 4.73. The van der Waals surface area contributed by atoms with E-state index in [-0.39, 0.29) is 0 Å². The van der Waals surface area contributed by atoms with E-state index < -0.39 is 6.10 Å². The molecule has 1 N–H and O–H groups in total. The second-order valence-corrected chi connectivity index (χ2v) is 6.43. The van der Waals surface area contributed by atoms with E-state index in [9.17, 15) is 5.11 Å². The summed E-state index contributed by atoms with van der Waals surface area (Å²) in [7, 11) is 1.64. The quantitative estimate of drug-likeness (QED) is 0.505. The number of aliphatic hydroxyl groups is 1. The maximum atomic E-state index is 10.3. The molecule has 0 saturated carbocycles. The number of rotatable bonds is 2. The fourth-order valence-corrected chi connectivity index (χ4v) is 3.42. The van der Waals surface area contributed by atoms with Crippen molar-refractivity contribution >= 4 is 21.5 Å². The first-order valence-corrected chi connectivity index (χ1v) is 8.96. The molecule has 1 atom stereocenters. The molecular weight excluding hydrogens is 344 g/mol. The van der Waals surface area contributed by atoms with Gasteiger partial charge in [-0.25, -0.2) is 0 Å². The van der Waals surface area contributed by atoms with Gasteiger partial charge < -0.3 is 9.84 Å². The number of benzene rings is 4. The van der Waals surface area contributed by atoms with Crippen LogP contribution in [-0.4, -0.2) is 12.2 Å². The Morgan fingerprint density at radius 3 is 2.00 bits per heavy atom. The number of aliphatic hydroxyl groups excluding tert-OH is 1. The molecule has 0 aliphatic carbocycles. The average Bonchev–Trinajstić information content (AvgIpc) is 2.76. The fraction of sp³-hybridized carbons (Fsp3) is 0.0769. The molecule has 4 rings (SSSR count). The Morgan fingerprint density at radius 2 is 1.36 bits per heavy atom. The van der Waals surface area contributed by atoms with Crippen LogP contribution in [0, 0.1) is 24.2 Å². The predicted octanol–water partition coefficient (Wildman–Crippen LogP) is 5.07. The summed E-state index contributed by atoms with van der Waals surface area (Å²) < 4.78 is 5.54. The van der Waals surface area contributed by atoms with Crippen LogP contribution < -0.4 is 4.74 Å². The van der Waals surface area contributed by atoms with E-state index in [2.05, 4.69) is 17.8 Å². The van der Waals surface area contributed by atoms with Gasteiger partial charge in [-0.2, -0.15) is 0 Å². The maximum absolute atomic E-state index is 10.3. The Morgan fingerprint density at radius 1 is 0.786 bits per heavy atom. The topological polar surface area (TPSA) is 29.5 Å². The zero-order valence-corrected chi connectivity index (χ0v) is 15.4. The lowest BCUT2D eigenvalue weighted by molar-refractivity contribution is 0.238. The van der Waals surface area contributed by atoms with Crippen molar-refractivity contribution < 1.29 is 9.84 Å². The van der Waals surface area contributed by atoms with Crippen molar-refractivity contribution in [1.29, 1.82) is 0 Å². The number of methoxy groups -OCH3 is 1. The van der Waals surface area contributed by atoms with E-state index >= 15 is 0 Å². The molecule has 0 fully saturated rings. The number of terminal acetylenes is 1. The zero-order valence-electron chi connectivity index (χ0n) is 15.4. The molecule has 134 valence electrons. The highest BCUT2D eigenvalue weighted by Gasteiger charge is 2.12. The van der Waals surface area contributed by atoms with Crippen LogP contribution in [-0.2, 0) is 0 Å². The molecular formula is C26H18O2. The van der Waals surface area contributed by atoms with Gasteiger partial charge in [-0.3, -0.25) is 0 Å². The first kappa shape index (κ1) is 17.7. The van der Waals surface area contributed by atoms with Crippen LogP contribution in [0.15, 0.2) is 72.8 Å². The lowest BCUT2D eigenvalue weighted by Gasteiger charge is -2.11. The van der Waals surface area contributed by atoms with Crippen molar-refractivity contribution in [2.75, 3.05) is 7.11 Å². The highest BCUT2D eigenvalue weighted by molar-refractivity contribution is 5.92. The van der Waals surface area contributed by atoms with E-state index in [1.54, 1.807) is 7.11 Å². The molecule has 0 radical (unpaired) electrons. The molecule has 0 aliphatic rings. The first-order chi connectivity index (χ1) is 13.7. The van der Waals surface area contributed by atoms with E-state index in [1.165, 1.54) is 0 Å². The summed E-state index contributed by atoms with van der Waals surface area (Å²) in [6.07, 6.45) is 4.47. The van der Waals surface area contributed by atoms with Gasteiger partial charge in [-0.1, -0.05) is 84.5 Å². The summed E-state index contributed by atoms with van der Waals surface area (Å²) in [6, 6.07) is 23.7. The van der Waals surface area contributed by atoms with Crippen molar-refractivity contribution in [3.8, 4) is 29.9 Å². The minimum absolute atomic E-state index is 0.632. The third kappa shape index (κ3) is 3.08. The fourth-order valence-electron chi connectivity index (χ4n) is 3.42. The molecule has 28 heavy (non-hydrogen) atoms. The average molecular weight is 362 g/mol. The molecule has 2 nitrogen and oxygen atoms in total. The molecule has 0 saturated heterocycles. The minimum Gasteiger partial charge on any atom is -0.495 e. The molecule has 0 aromatic heterocycles. The van der Waals surface area contributed by atoms with Crippen molar-refractivity contribution in [3.63, 3.8) is 0 Å². The number of hydrogen-bond acceptors (Lipinski definition) is 2. The van der Waals surface area contributed by atoms with Gasteiger partial charge in [-0.15, -0.1) is 6.42 Å². The summed E-state index contributed by atoms with van der Waals surface area (Å²) >= 11 is 0. The van der Waals surface area contributed by atoms with Gasteiger partial charge in [0.1, 0.15) is 11.9 Å². The first-order valence-electron chi connectivity index (χ1n) is 8.96. The van der Waals surface area contributed by atoms with E-state index in [1.807, 2.05) is 72.8 Å². The summed E-state index contributed by atoms with van der Waals surface area (Å²) in [5.41, 5.74) is 2.18. The van der Waals surface area contributed by atoms with Crippen molar-refractivity contribution in [2.45, 2.75) is 6.10 Å². The van der Waals surface area contributed by atoms with Crippen molar-refractivity contribution in [3.05, 3.63) is 89.5 Å². The normalized spacial score (nSPS) is 11.5. The van der Waals surface area contributed by atoms with Gasteiger partial charge in [0.2, 0.25) is 0 Å². The Balaban J connectivity index is 2.00. The molecule has 0 amide bonds. The molecule has 4 aromatic rings. The molecule has 2 heteroatoms. The third-order valence-electron chi connectivity index (χ3n) is 4.84. The Bertz CT molecular complexity index is 1280. The summed E-state index contributed by atoms with van der Waals surface area (Å²) in [5, 5.41) is 14.4. The second kappa shape index (κ2) is 7.49. The largest absolute Gasteiger partial charge is 0.495 e. The molecule has 0 bridgehead atoms. The van der Waals surface area contributed by atoms with E-state index in [0.717, 1.165) is 32.7 Å². The maximum Gasteiger partial charge on any atom is 0.141 e. The van der Waals surface area contributed by atoms with Crippen LogP contribution in [0.2, 0.25) is 0 Å². The van der Waals surface area contributed by atoms with Crippen molar-refractivity contribution in [2.24, 2.45) is 0 Å². The van der Waals surface area contributed by atoms with Gasteiger partial charge in [0.15, 0.2) is 0 Å². The molecule has 0 heterocycles. The summed E-state index contributed by atoms with van der Waals surface area (Å²) in [4.78, 5) is 0. The van der Waals surface area contributed by atoms with Gasteiger partial charge in [0.25, 0.3) is 0 Å². The van der Waals surface area contributed by atoms with Crippen LogP contribution in [0.25, 0.3) is 21.5 Å². The number of fused-ring (bicyclic) bond motifs is 2. The molecule has 0 aliphatic heterocycles. The van der Waals surface area contributed by atoms with Gasteiger partial charge in [0, 0.05) is 16.5 Å². The van der Waals surface area contributed by atoms with Crippen LogP contribution in [0.1, 0.15) is 22.8 Å². The predicted molar refractivity (Wildman–Crippen MR) is 114 cm³/mol. The highest BCUT2D eigenvalue weighted by Crippen LogP contribution is 2.29. The lowest BCUT2D eigenvalue weighted by Crippen LogP contribution is -1.98. The smallest absolute Gasteiger partial charge is 0.141 e. The van der Waals surface area contributed by atoms with Crippen LogP contribution in [0.3, 0.4) is 0 Å². The number of ether oxygens (including phenoxy) is 1. The molecule has 0 spiro atoms. The van der Waals surface area contributed by atoms with Gasteiger partial charge in [0.05, 0.1) is 12.7 Å². The van der Waals surface area contributed by atoms with Gasteiger partial charge >= 0.3 is 0 Å². The highest BCUT2D eigenvalue weighted by atomic mass is 16.5. The molecule has 0 unspecified atom stereocenters. The monoisotopic (exact) mass is 362 g/mol. The molecule has 4 aromatic carbocycles. The zero-order chi connectivity index (χ0) is 19.5. The van der Waals surface area contributed by atoms with Crippen LogP contribution >= 0.6 is 0 Å². The van der Waals surface area contributed by atoms with E-state index in [4.69, 9.17) is 11.2 Å². The Hall–Kier alpha value is -3.72. The summed E-state index contributed by atoms with van der Waals surface area (Å²) in [5.74, 6) is 9.66. The van der Waals surface area contributed by atoms with E-state index in [0.29, 0.717) is 11.3 Å². The van der Waals surface area contributed by atoms with Crippen LogP contribution in [0.5, 0.6) is 5.75 Å². The van der Waals surface area contributed by atoms with Gasteiger partial charge in [-0.05, 0) is 22.2 Å². The minimum atomic E-state index is -1.01. The van der Waals surface area contributed by atoms with Crippen LogP contribution in [0.4, 0.5) is 0 Å². The van der Waals surface area contributed by atoms with Crippen molar-refractivity contribution in [1.82, 2.24) is 0 Å². The third-order valence-corrected chi connectivity index (χ3v) is 4.84. The SMILES string of the molecule is C#C[C@@H](O)c1ccc2ccccc2c1C#Cc1c(OC)ccc2ccccc12. The summed E-state index contributed by atoms with van der Waals surface area (Å²) in [6.45, 7) is 0. The number of hydrogen-bond donors (Lipinski definition) is 1. The Labute approximate surface area is 164 Å².